The third-order valence-corrected chi connectivity index (χ3v) is 7.96. The zero-order valence-electron chi connectivity index (χ0n) is 21.4. The fourth-order valence-corrected chi connectivity index (χ4v) is 6.41. The summed E-state index contributed by atoms with van der Waals surface area (Å²) in [6.07, 6.45) is 3.98. The number of aliphatic hydroxyl groups excluding tert-OH is 1. The van der Waals surface area contributed by atoms with Crippen molar-refractivity contribution >= 4 is 17.7 Å². The number of benzene rings is 1. The first-order chi connectivity index (χ1) is 17.2. The Morgan fingerprint density at radius 1 is 1.19 bits per heavy atom. The first kappa shape index (κ1) is 26.1. The van der Waals surface area contributed by atoms with Crippen LogP contribution in [0.3, 0.4) is 0 Å². The van der Waals surface area contributed by atoms with Gasteiger partial charge in [0.15, 0.2) is 0 Å². The van der Waals surface area contributed by atoms with Gasteiger partial charge in [-0.15, -0.1) is 13.2 Å². The number of amides is 3. The molecule has 0 aliphatic carbocycles. The fourth-order valence-electron chi connectivity index (χ4n) is 6.41. The van der Waals surface area contributed by atoms with Gasteiger partial charge in [-0.25, -0.2) is 0 Å². The molecular formula is C28H37N3O5. The first-order valence-electron chi connectivity index (χ1n) is 12.7. The maximum Gasteiger partial charge on any atom is 0.248 e. The van der Waals surface area contributed by atoms with E-state index >= 15 is 0 Å². The van der Waals surface area contributed by atoms with E-state index in [4.69, 9.17) is 4.74 Å². The molecule has 0 aromatic heterocycles. The molecule has 1 aromatic carbocycles. The second-order valence-corrected chi connectivity index (χ2v) is 10.3. The molecule has 3 amide bonds. The van der Waals surface area contributed by atoms with Crippen LogP contribution in [0, 0.1) is 11.8 Å². The lowest BCUT2D eigenvalue weighted by Crippen LogP contribution is -2.58. The van der Waals surface area contributed by atoms with Crippen molar-refractivity contribution in [2.75, 3.05) is 26.7 Å². The van der Waals surface area contributed by atoms with Crippen LogP contribution in [0.2, 0.25) is 0 Å². The lowest BCUT2D eigenvalue weighted by atomic mass is 9.70. The van der Waals surface area contributed by atoms with Crippen molar-refractivity contribution in [1.82, 2.24) is 14.7 Å². The molecule has 3 aliphatic heterocycles. The highest BCUT2D eigenvalue weighted by Crippen LogP contribution is 2.60. The number of nitrogens with zero attached hydrogens (tertiary/aromatic N) is 3. The van der Waals surface area contributed by atoms with E-state index in [-0.39, 0.29) is 30.4 Å². The number of hydrogen-bond donors (Lipinski definition) is 1. The van der Waals surface area contributed by atoms with Gasteiger partial charge in [0.25, 0.3) is 0 Å². The number of likely N-dealkylation sites (tertiary alicyclic amines) is 1. The Labute approximate surface area is 213 Å². The quantitative estimate of drug-likeness (QED) is 0.503. The van der Waals surface area contributed by atoms with Crippen LogP contribution >= 0.6 is 0 Å². The molecule has 2 bridgehead atoms. The molecule has 1 N–H and O–H groups in total. The van der Waals surface area contributed by atoms with Crippen LogP contribution in [-0.4, -0.2) is 88.1 Å². The molecule has 8 heteroatoms. The largest absolute Gasteiger partial charge is 0.394 e. The van der Waals surface area contributed by atoms with Gasteiger partial charge in [0.1, 0.15) is 11.6 Å². The second kappa shape index (κ2) is 10.2. The Bertz CT molecular complexity index is 1030. The zero-order chi connectivity index (χ0) is 26.2. The number of hydrogen-bond acceptors (Lipinski definition) is 5. The van der Waals surface area contributed by atoms with E-state index in [0.29, 0.717) is 25.9 Å². The molecular weight excluding hydrogens is 458 g/mol. The summed E-state index contributed by atoms with van der Waals surface area (Å²) in [4.78, 5) is 46.8. The number of aliphatic hydroxyl groups is 1. The van der Waals surface area contributed by atoms with Crippen molar-refractivity contribution in [1.29, 1.82) is 0 Å². The van der Waals surface area contributed by atoms with Crippen LogP contribution in [0.25, 0.3) is 0 Å². The maximum absolute atomic E-state index is 14.3. The lowest BCUT2D eigenvalue weighted by molar-refractivity contribution is -0.152. The van der Waals surface area contributed by atoms with Gasteiger partial charge in [0, 0.05) is 26.2 Å². The van der Waals surface area contributed by atoms with Crippen molar-refractivity contribution in [3.8, 4) is 0 Å². The van der Waals surface area contributed by atoms with Gasteiger partial charge in [-0.2, -0.15) is 0 Å². The SMILES string of the molecule is C=CCN(C)C(=O)[C@@H]1[C@H]2C(=O)N([C@H](CO)c3ccccc3)C(C(=O)N(CC=C)C(C)C)C23CC[C@H]1O3. The van der Waals surface area contributed by atoms with Crippen LogP contribution < -0.4 is 0 Å². The van der Waals surface area contributed by atoms with E-state index in [2.05, 4.69) is 13.2 Å². The molecule has 1 spiro atoms. The Hall–Kier alpha value is -2.97. The number of likely N-dealkylation sites (N-methyl/N-ethyl adjacent to an activating group) is 1. The highest BCUT2D eigenvalue weighted by Gasteiger charge is 2.75. The normalized spacial score (nSPS) is 29.2. The van der Waals surface area contributed by atoms with Crippen molar-refractivity contribution in [2.24, 2.45) is 11.8 Å². The summed E-state index contributed by atoms with van der Waals surface area (Å²) in [5, 5.41) is 10.5. The van der Waals surface area contributed by atoms with Gasteiger partial charge in [-0.3, -0.25) is 14.4 Å². The monoisotopic (exact) mass is 495 g/mol. The number of ether oxygens (including phenoxy) is 1. The fraction of sp³-hybridized carbons (Fsp3) is 0.536. The van der Waals surface area contributed by atoms with Crippen LogP contribution in [-0.2, 0) is 19.1 Å². The summed E-state index contributed by atoms with van der Waals surface area (Å²) in [5.41, 5.74) is -0.395. The molecule has 3 fully saturated rings. The van der Waals surface area contributed by atoms with E-state index in [1.165, 1.54) is 4.90 Å². The van der Waals surface area contributed by atoms with E-state index in [1.807, 2.05) is 44.2 Å². The van der Waals surface area contributed by atoms with Crippen LogP contribution in [0.1, 0.15) is 38.3 Å². The average molecular weight is 496 g/mol. The molecule has 36 heavy (non-hydrogen) atoms. The highest BCUT2D eigenvalue weighted by molar-refractivity contribution is 5.99. The van der Waals surface area contributed by atoms with Gasteiger partial charge >= 0.3 is 0 Å². The number of fused-ring (bicyclic) bond motifs is 1. The molecule has 4 rings (SSSR count). The Balaban J connectivity index is 1.84. The van der Waals surface area contributed by atoms with Gasteiger partial charge < -0.3 is 24.5 Å². The predicted molar refractivity (Wildman–Crippen MR) is 136 cm³/mol. The van der Waals surface area contributed by atoms with E-state index < -0.39 is 35.6 Å². The van der Waals surface area contributed by atoms with Gasteiger partial charge in [0.05, 0.1) is 30.6 Å². The second-order valence-electron chi connectivity index (χ2n) is 10.3. The lowest BCUT2D eigenvalue weighted by Gasteiger charge is -2.40. The topological polar surface area (TPSA) is 90.4 Å². The standard InChI is InChI=1S/C28H37N3O5/c1-6-15-29(5)25(33)22-21-13-14-28(36-21)23(22)26(34)31(20(17-32)19-11-9-8-10-12-19)24(28)27(35)30(16-7-2)18(3)4/h6-12,18,20-24,32H,1-2,13-17H2,3-5H3/t20-,21-,22+,23+,24?,28?/m1/s1. The van der Waals surface area contributed by atoms with Crippen molar-refractivity contribution in [3.63, 3.8) is 0 Å². The molecule has 6 atom stereocenters. The Morgan fingerprint density at radius 3 is 2.44 bits per heavy atom. The minimum absolute atomic E-state index is 0.137. The number of carbonyl (C=O) groups is 3. The van der Waals surface area contributed by atoms with Crippen LogP contribution in [0.4, 0.5) is 0 Å². The molecule has 2 unspecified atom stereocenters. The van der Waals surface area contributed by atoms with Crippen molar-refractivity contribution < 1.29 is 24.2 Å². The van der Waals surface area contributed by atoms with Gasteiger partial charge in [-0.05, 0) is 32.3 Å². The Morgan fingerprint density at radius 2 is 1.86 bits per heavy atom. The van der Waals surface area contributed by atoms with Crippen LogP contribution in [0.5, 0.6) is 0 Å². The molecule has 3 heterocycles. The summed E-state index contributed by atoms with van der Waals surface area (Å²) in [6.45, 7) is 11.7. The molecule has 0 radical (unpaired) electrons. The molecule has 3 saturated heterocycles. The highest BCUT2D eigenvalue weighted by atomic mass is 16.5. The number of carbonyl (C=O) groups excluding carboxylic acids is 3. The minimum atomic E-state index is -1.12. The average Bonchev–Trinajstić information content (AvgIpc) is 3.50. The summed E-state index contributed by atoms with van der Waals surface area (Å²) < 4.78 is 6.53. The molecule has 3 aliphatic rings. The summed E-state index contributed by atoms with van der Waals surface area (Å²) in [6, 6.07) is 7.38. The Kier molecular flexibility index (Phi) is 7.38. The summed E-state index contributed by atoms with van der Waals surface area (Å²) in [7, 11) is 1.69. The number of rotatable bonds is 10. The summed E-state index contributed by atoms with van der Waals surface area (Å²) >= 11 is 0. The van der Waals surface area contributed by atoms with E-state index in [0.717, 1.165) is 5.56 Å². The minimum Gasteiger partial charge on any atom is -0.394 e. The van der Waals surface area contributed by atoms with Crippen molar-refractivity contribution in [2.45, 2.75) is 56.5 Å². The molecule has 0 saturated carbocycles. The third-order valence-electron chi connectivity index (χ3n) is 7.96. The first-order valence-corrected chi connectivity index (χ1v) is 12.7. The smallest absolute Gasteiger partial charge is 0.248 e. The van der Waals surface area contributed by atoms with E-state index in [9.17, 15) is 19.5 Å². The van der Waals surface area contributed by atoms with Gasteiger partial charge in [-0.1, -0.05) is 42.5 Å². The van der Waals surface area contributed by atoms with E-state index in [1.54, 1.807) is 29.0 Å². The maximum atomic E-state index is 14.3. The van der Waals surface area contributed by atoms with Crippen molar-refractivity contribution in [3.05, 3.63) is 61.2 Å². The predicted octanol–water partition coefficient (Wildman–Crippen LogP) is 2.16. The zero-order valence-corrected chi connectivity index (χ0v) is 21.4. The summed E-state index contributed by atoms with van der Waals surface area (Å²) in [5.74, 6) is -2.21. The molecule has 1 aromatic rings. The molecule has 194 valence electrons. The molecule has 8 nitrogen and oxygen atoms in total. The third kappa shape index (κ3) is 3.96. The van der Waals surface area contributed by atoms with Crippen LogP contribution in [0.15, 0.2) is 55.6 Å². The van der Waals surface area contributed by atoms with Gasteiger partial charge in [0.2, 0.25) is 17.7 Å².